The van der Waals surface area contributed by atoms with E-state index in [2.05, 4.69) is 22.9 Å². The standard InChI is InChI=1S/C23H21BrO2S/c1-2-6-22-20(24)15-23(27-22)21(25)14-11-17-9-12-19(13-10-17)26-16-18-7-4-3-5-8-18/h3-5,7-15H,2,6,16H2,1H3. The Morgan fingerprint density at radius 1 is 1.11 bits per heavy atom. The zero-order valence-corrected chi connectivity index (χ0v) is 17.6. The van der Waals surface area contributed by atoms with Gasteiger partial charge in [0.15, 0.2) is 5.78 Å². The molecular weight excluding hydrogens is 420 g/mol. The maximum atomic E-state index is 12.4. The van der Waals surface area contributed by atoms with Crippen molar-refractivity contribution in [1.29, 1.82) is 0 Å². The van der Waals surface area contributed by atoms with E-state index in [0.29, 0.717) is 6.61 Å². The second-order valence-corrected chi connectivity index (χ2v) is 8.16. The average molecular weight is 441 g/mol. The molecule has 0 fully saturated rings. The van der Waals surface area contributed by atoms with Gasteiger partial charge in [0.05, 0.1) is 4.88 Å². The molecule has 0 amide bonds. The van der Waals surface area contributed by atoms with Crippen molar-refractivity contribution in [2.75, 3.05) is 0 Å². The number of halogens is 1. The van der Waals surface area contributed by atoms with Crippen LogP contribution in [0, 0.1) is 0 Å². The predicted molar refractivity (Wildman–Crippen MR) is 117 cm³/mol. The van der Waals surface area contributed by atoms with Gasteiger partial charge >= 0.3 is 0 Å². The Bertz CT molecular complexity index is 911. The Kier molecular flexibility index (Phi) is 7.02. The van der Waals surface area contributed by atoms with Crippen molar-refractivity contribution in [2.45, 2.75) is 26.4 Å². The summed E-state index contributed by atoms with van der Waals surface area (Å²) in [5.74, 6) is 0.848. The fourth-order valence-corrected chi connectivity index (χ4v) is 4.49. The lowest BCUT2D eigenvalue weighted by Gasteiger charge is -2.06. The molecule has 138 valence electrons. The molecule has 0 N–H and O–H groups in total. The molecule has 0 aliphatic heterocycles. The third-order valence-corrected chi connectivity index (χ3v) is 6.21. The molecule has 3 rings (SSSR count). The molecule has 0 saturated carbocycles. The topological polar surface area (TPSA) is 26.3 Å². The van der Waals surface area contributed by atoms with E-state index < -0.39 is 0 Å². The van der Waals surface area contributed by atoms with Crippen molar-refractivity contribution in [3.8, 4) is 5.75 Å². The molecule has 2 nitrogen and oxygen atoms in total. The van der Waals surface area contributed by atoms with Crippen LogP contribution in [0.3, 0.4) is 0 Å². The normalized spacial score (nSPS) is 11.0. The third-order valence-electron chi connectivity index (χ3n) is 4.03. The lowest BCUT2D eigenvalue weighted by molar-refractivity contribution is 0.105. The van der Waals surface area contributed by atoms with Crippen molar-refractivity contribution < 1.29 is 9.53 Å². The molecule has 0 saturated heterocycles. The largest absolute Gasteiger partial charge is 0.489 e. The summed E-state index contributed by atoms with van der Waals surface area (Å²) in [5.41, 5.74) is 2.11. The van der Waals surface area contributed by atoms with Crippen LogP contribution in [0.15, 0.2) is 71.2 Å². The van der Waals surface area contributed by atoms with Crippen LogP contribution < -0.4 is 4.74 Å². The predicted octanol–water partition coefficient (Wildman–Crippen LogP) is 6.94. The van der Waals surface area contributed by atoms with E-state index in [1.807, 2.05) is 66.7 Å². The van der Waals surface area contributed by atoms with E-state index in [-0.39, 0.29) is 5.78 Å². The molecule has 0 radical (unpaired) electrons. The summed E-state index contributed by atoms with van der Waals surface area (Å²) in [4.78, 5) is 14.4. The van der Waals surface area contributed by atoms with Crippen LogP contribution in [0.25, 0.3) is 6.08 Å². The van der Waals surface area contributed by atoms with E-state index in [0.717, 1.165) is 39.1 Å². The van der Waals surface area contributed by atoms with Crippen LogP contribution >= 0.6 is 27.3 Å². The molecular formula is C23H21BrO2S. The number of carbonyl (C=O) groups is 1. The van der Waals surface area contributed by atoms with Crippen molar-refractivity contribution >= 4 is 39.1 Å². The van der Waals surface area contributed by atoms with Crippen LogP contribution in [0.2, 0.25) is 0 Å². The average Bonchev–Trinajstić information content (AvgIpc) is 3.07. The highest BCUT2D eigenvalue weighted by Crippen LogP contribution is 2.29. The quantitative estimate of drug-likeness (QED) is 0.280. The number of benzene rings is 2. The number of ether oxygens (including phenoxy) is 1. The zero-order chi connectivity index (χ0) is 19.1. The molecule has 2 aromatic carbocycles. The summed E-state index contributed by atoms with van der Waals surface area (Å²) >= 11 is 5.11. The van der Waals surface area contributed by atoms with Crippen LogP contribution in [0.1, 0.15) is 39.0 Å². The minimum Gasteiger partial charge on any atom is -0.489 e. The Labute approximate surface area is 172 Å². The number of hydrogen-bond donors (Lipinski definition) is 0. The Morgan fingerprint density at radius 3 is 2.56 bits per heavy atom. The summed E-state index contributed by atoms with van der Waals surface area (Å²) in [5, 5.41) is 0. The number of thiophene rings is 1. The van der Waals surface area contributed by atoms with Gasteiger partial charge < -0.3 is 4.74 Å². The van der Waals surface area contributed by atoms with Crippen molar-refractivity contribution in [2.24, 2.45) is 0 Å². The number of carbonyl (C=O) groups excluding carboxylic acids is 1. The second-order valence-electron chi connectivity index (χ2n) is 6.17. The lowest BCUT2D eigenvalue weighted by atomic mass is 10.2. The summed E-state index contributed by atoms with van der Waals surface area (Å²) in [6.45, 7) is 2.68. The molecule has 0 unspecified atom stereocenters. The van der Waals surface area contributed by atoms with E-state index in [1.54, 1.807) is 17.4 Å². The van der Waals surface area contributed by atoms with Gasteiger partial charge in [-0.2, -0.15) is 0 Å². The SMILES string of the molecule is CCCc1sc(C(=O)C=Cc2ccc(OCc3ccccc3)cc2)cc1Br. The first kappa shape index (κ1) is 19.6. The van der Waals surface area contributed by atoms with Gasteiger partial charge in [0.25, 0.3) is 0 Å². The Balaban J connectivity index is 1.58. The molecule has 1 heterocycles. The van der Waals surface area contributed by atoms with Crippen LogP contribution in [0.5, 0.6) is 5.75 Å². The van der Waals surface area contributed by atoms with E-state index >= 15 is 0 Å². The number of allylic oxidation sites excluding steroid dienone is 1. The summed E-state index contributed by atoms with van der Waals surface area (Å²) in [6.07, 6.45) is 5.54. The molecule has 0 aliphatic rings. The van der Waals surface area contributed by atoms with Gasteiger partial charge in [-0.1, -0.05) is 61.9 Å². The Hall–Kier alpha value is -2.17. The second kappa shape index (κ2) is 9.67. The Morgan fingerprint density at radius 2 is 1.85 bits per heavy atom. The molecule has 1 aromatic heterocycles. The van der Waals surface area contributed by atoms with Gasteiger partial charge in [-0.05, 0) is 57.8 Å². The van der Waals surface area contributed by atoms with Crippen LogP contribution in [-0.4, -0.2) is 5.78 Å². The minimum absolute atomic E-state index is 0.0347. The molecule has 27 heavy (non-hydrogen) atoms. The smallest absolute Gasteiger partial charge is 0.195 e. The fourth-order valence-electron chi connectivity index (χ4n) is 2.60. The number of aryl methyl sites for hydroxylation is 1. The zero-order valence-electron chi connectivity index (χ0n) is 15.2. The first-order valence-electron chi connectivity index (χ1n) is 8.93. The first-order valence-corrected chi connectivity index (χ1v) is 10.5. The molecule has 4 heteroatoms. The van der Waals surface area contributed by atoms with Crippen molar-refractivity contribution in [3.63, 3.8) is 0 Å². The summed E-state index contributed by atoms with van der Waals surface area (Å²) in [7, 11) is 0. The minimum atomic E-state index is 0.0347. The number of ketones is 1. The van der Waals surface area contributed by atoms with Gasteiger partial charge in [0.2, 0.25) is 0 Å². The molecule has 0 bridgehead atoms. The van der Waals surface area contributed by atoms with E-state index in [9.17, 15) is 4.79 Å². The summed E-state index contributed by atoms with van der Waals surface area (Å²) < 4.78 is 6.82. The highest BCUT2D eigenvalue weighted by Gasteiger charge is 2.10. The molecule has 0 aliphatic carbocycles. The van der Waals surface area contributed by atoms with Crippen molar-refractivity contribution in [3.05, 3.63) is 92.1 Å². The maximum absolute atomic E-state index is 12.4. The lowest BCUT2D eigenvalue weighted by Crippen LogP contribution is -1.94. The van der Waals surface area contributed by atoms with Crippen molar-refractivity contribution in [1.82, 2.24) is 0 Å². The molecule has 3 aromatic rings. The fraction of sp³-hybridized carbons (Fsp3) is 0.174. The highest BCUT2D eigenvalue weighted by molar-refractivity contribution is 9.10. The molecule has 0 spiro atoms. The third kappa shape index (κ3) is 5.65. The van der Waals surface area contributed by atoms with Gasteiger partial charge in [0, 0.05) is 9.35 Å². The van der Waals surface area contributed by atoms with Crippen LogP contribution in [0.4, 0.5) is 0 Å². The van der Waals surface area contributed by atoms with Crippen LogP contribution in [-0.2, 0) is 13.0 Å². The van der Waals surface area contributed by atoms with Gasteiger partial charge in [-0.15, -0.1) is 11.3 Å². The maximum Gasteiger partial charge on any atom is 0.195 e. The van der Waals surface area contributed by atoms with Gasteiger partial charge in [0.1, 0.15) is 12.4 Å². The van der Waals surface area contributed by atoms with E-state index in [4.69, 9.17) is 4.74 Å². The number of hydrogen-bond acceptors (Lipinski definition) is 3. The molecule has 0 atom stereocenters. The summed E-state index contributed by atoms with van der Waals surface area (Å²) in [6, 6.07) is 19.8. The number of rotatable bonds is 8. The monoisotopic (exact) mass is 440 g/mol. The first-order chi connectivity index (χ1) is 13.2. The van der Waals surface area contributed by atoms with E-state index in [1.165, 1.54) is 4.88 Å². The highest BCUT2D eigenvalue weighted by atomic mass is 79.9. The van der Waals surface area contributed by atoms with Gasteiger partial charge in [-0.25, -0.2) is 0 Å². The van der Waals surface area contributed by atoms with Gasteiger partial charge in [-0.3, -0.25) is 4.79 Å².